The number of methoxy groups -OCH3 is 1. The third-order valence-electron chi connectivity index (χ3n) is 6.77. The maximum Gasteiger partial charge on any atom is 0.324 e. The molecule has 38 heavy (non-hydrogen) atoms. The first-order chi connectivity index (χ1) is 17.9. The van der Waals surface area contributed by atoms with Crippen LogP contribution in [0.5, 0.6) is 5.75 Å². The molecule has 0 saturated carbocycles. The molecule has 0 fully saturated rings. The summed E-state index contributed by atoms with van der Waals surface area (Å²) in [6.45, 7) is 7.82. The lowest BCUT2D eigenvalue weighted by Crippen LogP contribution is -2.41. The number of aryl methyl sites for hydroxylation is 1. The van der Waals surface area contributed by atoms with E-state index in [1.807, 2.05) is 32.0 Å². The molecule has 200 valence electrons. The number of urea groups is 1. The highest BCUT2D eigenvalue weighted by Gasteiger charge is 2.32. The van der Waals surface area contributed by atoms with Gasteiger partial charge in [0, 0.05) is 33.5 Å². The SMILES string of the molecule is COc1ccc2c(c1)CN(C(=O)N(C)C)c1c-2cc(-c2ccc(C)cc2)c(CC(=O)OCC(C)(C)[OH2+])c1C. The van der Waals surface area contributed by atoms with Crippen LogP contribution in [0.25, 0.3) is 22.3 Å². The topological polar surface area (TPSA) is 82.0 Å². The molecule has 1 heterocycles. The molecule has 0 atom stereocenters. The van der Waals surface area contributed by atoms with E-state index in [2.05, 4.69) is 30.3 Å². The second-order valence-corrected chi connectivity index (χ2v) is 10.8. The summed E-state index contributed by atoms with van der Waals surface area (Å²) in [5.41, 5.74) is 7.59. The number of hydrogen-bond acceptors (Lipinski definition) is 4. The molecule has 0 saturated heterocycles. The zero-order chi connectivity index (χ0) is 27.8. The van der Waals surface area contributed by atoms with Gasteiger partial charge in [-0.1, -0.05) is 35.9 Å². The first-order valence-electron chi connectivity index (χ1n) is 12.7. The number of fused-ring (bicyclic) bond motifs is 3. The van der Waals surface area contributed by atoms with Gasteiger partial charge in [-0.05, 0) is 65.4 Å². The summed E-state index contributed by atoms with van der Waals surface area (Å²) in [4.78, 5) is 29.8. The van der Waals surface area contributed by atoms with E-state index in [-0.39, 0.29) is 19.1 Å². The zero-order valence-electron chi connectivity index (χ0n) is 23.3. The van der Waals surface area contributed by atoms with Gasteiger partial charge < -0.3 is 19.5 Å². The fourth-order valence-corrected chi connectivity index (χ4v) is 4.82. The maximum absolute atomic E-state index is 13.4. The molecule has 3 aromatic rings. The minimum absolute atomic E-state index is 0.0101. The summed E-state index contributed by atoms with van der Waals surface area (Å²) in [6, 6.07) is 16.1. The number of anilines is 1. The van der Waals surface area contributed by atoms with E-state index in [1.165, 1.54) is 0 Å². The van der Waals surface area contributed by atoms with E-state index in [9.17, 15) is 9.59 Å². The normalized spacial score (nSPS) is 12.5. The Bertz CT molecular complexity index is 1370. The number of ether oxygens (including phenoxy) is 2. The molecule has 0 spiro atoms. The highest BCUT2D eigenvalue weighted by Crippen LogP contribution is 2.47. The van der Waals surface area contributed by atoms with Crippen LogP contribution in [-0.4, -0.2) is 55.4 Å². The Morgan fingerprint density at radius 3 is 2.29 bits per heavy atom. The Labute approximate surface area is 224 Å². The molecule has 0 radical (unpaired) electrons. The molecule has 4 rings (SSSR count). The van der Waals surface area contributed by atoms with Crippen LogP contribution in [0.3, 0.4) is 0 Å². The average Bonchev–Trinajstić information content (AvgIpc) is 2.87. The van der Waals surface area contributed by atoms with Crippen LogP contribution in [0.15, 0.2) is 48.5 Å². The highest BCUT2D eigenvalue weighted by molar-refractivity contribution is 6.02. The van der Waals surface area contributed by atoms with Crippen LogP contribution in [0, 0.1) is 13.8 Å². The van der Waals surface area contributed by atoms with Crippen LogP contribution >= 0.6 is 0 Å². The van der Waals surface area contributed by atoms with E-state index < -0.39 is 11.6 Å². The van der Waals surface area contributed by atoms with Gasteiger partial charge in [-0.3, -0.25) is 9.69 Å². The van der Waals surface area contributed by atoms with E-state index in [0.29, 0.717) is 6.54 Å². The minimum atomic E-state index is -0.875. The molecule has 0 aromatic heterocycles. The van der Waals surface area contributed by atoms with E-state index in [0.717, 1.165) is 55.9 Å². The van der Waals surface area contributed by atoms with Crippen molar-refractivity contribution in [2.75, 3.05) is 32.7 Å². The fraction of sp³-hybridized carbons (Fsp3) is 0.355. The first kappa shape index (κ1) is 27.2. The zero-order valence-corrected chi connectivity index (χ0v) is 23.3. The molecule has 1 aliphatic rings. The van der Waals surface area contributed by atoms with Gasteiger partial charge in [-0.15, -0.1) is 0 Å². The molecule has 7 heteroatoms. The lowest BCUT2D eigenvalue weighted by molar-refractivity contribution is -0.149. The van der Waals surface area contributed by atoms with Crippen molar-refractivity contribution in [3.05, 3.63) is 70.8 Å². The van der Waals surface area contributed by atoms with E-state index in [4.69, 9.17) is 14.6 Å². The molecule has 0 unspecified atom stereocenters. The summed E-state index contributed by atoms with van der Waals surface area (Å²) in [6.07, 6.45) is 0.0396. The van der Waals surface area contributed by atoms with Crippen molar-refractivity contribution in [2.45, 2.75) is 46.3 Å². The molecular formula is C31H37N2O5+. The quantitative estimate of drug-likeness (QED) is 0.331. The standard InChI is InChI=1S/C31H36N2O5/c1-19-8-10-21(11-9-19)26-15-27-24-13-12-23(37-7)14-22(24)17-33(30(35)32(5)6)29(27)20(2)25(26)16-28(34)38-18-31(3,4)36/h8-15,36H,16-18H2,1-7H3/p+1. The summed E-state index contributed by atoms with van der Waals surface area (Å²) in [7, 11) is 5.11. The number of esters is 1. The van der Waals surface area contributed by atoms with Crippen molar-refractivity contribution >= 4 is 17.7 Å². The molecule has 3 aromatic carbocycles. The van der Waals surface area contributed by atoms with Gasteiger partial charge in [0.25, 0.3) is 0 Å². The number of hydrogen-bond donors (Lipinski definition) is 0. The maximum atomic E-state index is 13.4. The second-order valence-electron chi connectivity index (χ2n) is 10.8. The predicted octanol–water partition coefficient (Wildman–Crippen LogP) is 5.24. The van der Waals surface area contributed by atoms with Gasteiger partial charge in [0.15, 0.2) is 12.2 Å². The number of benzene rings is 3. The first-order valence-corrected chi connectivity index (χ1v) is 12.7. The van der Waals surface area contributed by atoms with Crippen molar-refractivity contribution in [3.8, 4) is 28.0 Å². The van der Waals surface area contributed by atoms with Crippen molar-refractivity contribution < 1.29 is 24.2 Å². The minimum Gasteiger partial charge on any atom is -0.497 e. The predicted molar refractivity (Wildman–Crippen MR) is 151 cm³/mol. The second kappa shape index (κ2) is 10.5. The molecule has 0 aliphatic carbocycles. The smallest absolute Gasteiger partial charge is 0.324 e. The number of carbonyl (C=O) groups is 2. The third-order valence-corrected chi connectivity index (χ3v) is 6.77. The van der Waals surface area contributed by atoms with Crippen LogP contribution in [0.4, 0.5) is 10.5 Å². The van der Waals surface area contributed by atoms with Gasteiger partial charge in [-0.2, -0.15) is 0 Å². The largest absolute Gasteiger partial charge is 0.497 e. The third kappa shape index (κ3) is 5.53. The molecule has 1 aliphatic heterocycles. The van der Waals surface area contributed by atoms with Gasteiger partial charge >= 0.3 is 12.0 Å². The molecule has 2 amide bonds. The molecule has 7 nitrogen and oxygen atoms in total. The van der Waals surface area contributed by atoms with Gasteiger partial charge in [0.1, 0.15) is 5.75 Å². The Kier molecular flexibility index (Phi) is 7.51. The number of carbonyl (C=O) groups excluding carboxylic acids is 2. The molecule has 2 N–H and O–H groups in total. The average molecular weight is 518 g/mol. The number of nitrogens with zero attached hydrogens (tertiary/aromatic N) is 2. The van der Waals surface area contributed by atoms with Crippen molar-refractivity contribution in [3.63, 3.8) is 0 Å². The summed E-state index contributed by atoms with van der Waals surface area (Å²) in [5, 5.41) is 8.05. The summed E-state index contributed by atoms with van der Waals surface area (Å²) >= 11 is 0. The van der Waals surface area contributed by atoms with Crippen molar-refractivity contribution in [1.29, 1.82) is 0 Å². The van der Waals surface area contributed by atoms with Gasteiger partial charge in [0.2, 0.25) is 0 Å². The fourth-order valence-electron chi connectivity index (χ4n) is 4.82. The molecular weight excluding hydrogens is 480 g/mol. The van der Waals surface area contributed by atoms with Gasteiger partial charge in [-0.25, -0.2) is 4.79 Å². The summed E-state index contributed by atoms with van der Waals surface area (Å²) < 4.78 is 11.0. The molecule has 0 bridgehead atoms. The summed E-state index contributed by atoms with van der Waals surface area (Å²) in [5.74, 6) is 0.338. The Hall–Kier alpha value is -3.84. The van der Waals surface area contributed by atoms with Crippen molar-refractivity contribution in [1.82, 2.24) is 4.90 Å². The highest BCUT2D eigenvalue weighted by atomic mass is 16.5. The monoisotopic (exact) mass is 517 g/mol. The lowest BCUT2D eigenvalue weighted by Gasteiger charge is -2.36. The van der Waals surface area contributed by atoms with Crippen LogP contribution < -0.4 is 9.64 Å². The van der Waals surface area contributed by atoms with Crippen LogP contribution in [0.2, 0.25) is 0 Å². The van der Waals surface area contributed by atoms with Crippen LogP contribution in [-0.2, 0) is 22.5 Å². The lowest BCUT2D eigenvalue weighted by atomic mass is 9.84. The van der Waals surface area contributed by atoms with E-state index >= 15 is 0 Å². The van der Waals surface area contributed by atoms with E-state index in [1.54, 1.807) is 44.9 Å². The Morgan fingerprint density at radius 2 is 1.68 bits per heavy atom. The van der Waals surface area contributed by atoms with Crippen molar-refractivity contribution in [2.24, 2.45) is 0 Å². The number of amides is 2. The number of rotatable bonds is 6. The Morgan fingerprint density at radius 1 is 1.00 bits per heavy atom. The van der Waals surface area contributed by atoms with Crippen LogP contribution in [0.1, 0.15) is 36.1 Å². The van der Waals surface area contributed by atoms with Gasteiger partial charge in [0.05, 0.1) is 25.8 Å². The Balaban J connectivity index is 1.95.